The number of anilines is 1. The summed E-state index contributed by atoms with van der Waals surface area (Å²) in [4.78, 5) is 11.5. The molecule has 0 unspecified atom stereocenters. The molecule has 0 heterocycles. The van der Waals surface area contributed by atoms with Crippen LogP contribution in [0.4, 0.5) is 14.5 Å². The van der Waals surface area contributed by atoms with Crippen LogP contribution in [0.1, 0.15) is 16.8 Å². The molecular weight excluding hydrogens is 230 g/mol. The maximum Gasteiger partial charge on any atom is 0.257 e. The van der Waals surface area contributed by atoms with Gasteiger partial charge in [0.1, 0.15) is 11.4 Å². The van der Waals surface area contributed by atoms with Crippen LogP contribution in [0.3, 0.4) is 0 Å². The first-order chi connectivity index (χ1) is 8.07. The number of ether oxygens (including phenoxy) is 1. The molecule has 0 aromatic heterocycles. The fraction of sp³-hybridized carbons (Fsp3) is 0.364. The Kier molecular flexibility index (Phi) is 4.84. The molecule has 0 fully saturated rings. The number of hydrogen-bond donors (Lipinski definition) is 2. The average Bonchev–Trinajstić information content (AvgIpc) is 2.30. The lowest BCUT2D eigenvalue weighted by Gasteiger charge is -2.08. The van der Waals surface area contributed by atoms with Gasteiger partial charge in [-0.15, -0.1) is 0 Å². The predicted octanol–water partition coefficient (Wildman–Crippen LogP) is 1.31. The van der Waals surface area contributed by atoms with E-state index in [0.717, 1.165) is 12.1 Å². The number of hydrogen-bond acceptors (Lipinski definition) is 3. The smallest absolute Gasteiger partial charge is 0.257 e. The molecule has 4 nitrogen and oxygen atoms in total. The lowest BCUT2D eigenvalue weighted by molar-refractivity contribution is 0.0940. The molecule has 0 atom stereocenters. The van der Waals surface area contributed by atoms with Crippen LogP contribution < -0.4 is 11.1 Å². The van der Waals surface area contributed by atoms with Crippen molar-refractivity contribution >= 4 is 11.6 Å². The van der Waals surface area contributed by atoms with Gasteiger partial charge >= 0.3 is 0 Å². The quantitative estimate of drug-likeness (QED) is 0.606. The summed E-state index contributed by atoms with van der Waals surface area (Å²) in [6.07, 6.45) is 0.563. The van der Waals surface area contributed by atoms with Gasteiger partial charge in [0.15, 0.2) is 5.82 Å². The Morgan fingerprint density at radius 1 is 1.47 bits per heavy atom. The van der Waals surface area contributed by atoms with Gasteiger partial charge in [-0.05, 0) is 18.6 Å². The summed E-state index contributed by atoms with van der Waals surface area (Å²) in [5.41, 5.74) is 4.36. The van der Waals surface area contributed by atoms with Gasteiger partial charge in [-0.1, -0.05) is 0 Å². The first-order valence-electron chi connectivity index (χ1n) is 5.08. The van der Waals surface area contributed by atoms with Crippen molar-refractivity contribution in [3.8, 4) is 0 Å². The second kappa shape index (κ2) is 6.15. The molecule has 0 aliphatic heterocycles. The zero-order chi connectivity index (χ0) is 12.8. The molecule has 0 aliphatic rings. The average molecular weight is 244 g/mol. The number of benzene rings is 1. The zero-order valence-corrected chi connectivity index (χ0v) is 9.43. The third-order valence-corrected chi connectivity index (χ3v) is 2.16. The summed E-state index contributed by atoms with van der Waals surface area (Å²) >= 11 is 0. The molecule has 94 valence electrons. The molecule has 0 spiro atoms. The standard InChI is InChI=1S/C11H14F2N2O2/c1-17-6-2-5-15-11(16)9-7(12)3-4-8(14)10(9)13/h3-4H,2,5-6,14H2,1H3,(H,15,16). The van der Waals surface area contributed by atoms with Crippen LogP contribution in [0, 0.1) is 11.6 Å². The van der Waals surface area contributed by atoms with Crippen LogP contribution in [-0.2, 0) is 4.74 Å². The van der Waals surface area contributed by atoms with E-state index in [-0.39, 0.29) is 12.2 Å². The number of amides is 1. The Balaban J connectivity index is 2.72. The highest BCUT2D eigenvalue weighted by atomic mass is 19.1. The molecule has 17 heavy (non-hydrogen) atoms. The van der Waals surface area contributed by atoms with Crippen LogP contribution in [0.15, 0.2) is 12.1 Å². The molecule has 6 heteroatoms. The third-order valence-electron chi connectivity index (χ3n) is 2.16. The molecule has 0 radical (unpaired) electrons. The maximum absolute atomic E-state index is 13.4. The van der Waals surface area contributed by atoms with Gasteiger partial charge in [-0.25, -0.2) is 8.78 Å². The van der Waals surface area contributed by atoms with Gasteiger partial charge in [0.05, 0.1) is 5.69 Å². The fourth-order valence-electron chi connectivity index (χ4n) is 1.28. The molecule has 1 aromatic carbocycles. The van der Waals surface area contributed by atoms with Crippen molar-refractivity contribution < 1.29 is 18.3 Å². The van der Waals surface area contributed by atoms with Gasteiger partial charge in [-0.2, -0.15) is 0 Å². The molecular formula is C11H14F2N2O2. The van der Waals surface area contributed by atoms with Crippen LogP contribution in [0.5, 0.6) is 0 Å². The van der Waals surface area contributed by atoms with E-state index in [4.69, 9.17) is 10.5 Å². The minimum atomic E-state index is -1.03. The van der Waals surface area contributed by atoms with Crippen molar-refractivity contribution in [3.05, 3.63) is 29.3 Å². The van der Waals surface area contributed by atoms with E-state index >= 15 is 0 Å². The SMILES string of the molecule is COCCCNC(=O)c1c(F)ccc(N)c1F. The van der Waals surface area contributed by atoms with E-state index < -0.39 is 23.1 Å². The highest BCUT2D eigenvalue weighted by molar-refractivity contribution is 5.95. The summed E-state index contributed by atoms with van der Waals surface area (Å²) < 4.78 is 31.5. The summed E-state index contributed by atoms with van der Waals surface area (Å²) in [6, 6.07) is 2.04. The Morgan fingerprint density at radius 3 is 2.82 bits per heavy atom. The maximum atomic E-state index is 13.4. The van der Waals surface area contributed by atoms with Crippen molar-refractivity contribution in [1.82, 2.24) is 5.32 Å². The highest BCUT2D eigenvalue weighted by Crippen LogP contribution is 2.18. The van der Waals surface area contributed by atoms with Crippen molar-refractivity contribution in [1.29, 1.82) is 0 Å². The minimum absolute atomic E-state index is 0.256. The monoisotopic (exact) mass is 244 g/mol. The predicted molar refractivity (Wildman–Crippen MR) is 59.6 cm³/mol. The van der Waals surface area contributed by atoms with Crippen LogP contribution >= 0.6 is 0 Å². The largest absolute Gasteiger partial charge is 0.396 e. The number of methoxy groups -OCH3 is 1. The van der Waals surface area contributed by atoms with E-state index in [1.807, 2.05) is 0 Å². The third kappa shape index (κ3) is 3.39. The van der Waals surface area contributed by atoms with E-state index in [2.05, 4.69) is 5.32 Å². The zero-order valence-electron chi connectivity index (χ0n) is 9.43. The van der Waals surface area contributed by atoms with Gasteiger partial charge in [0, 0.05) is 20.3 Å². The molecule has 1 aromatic rings. The van der Waals surface area contributed by atoms with Crippen LogP contribution in [0.25, 0.3) is 0 Å². The Labute approximate surface area is 97.8 Å². The van der Waals surface area contributed by atoms with Crippen LogP contribution in [0.2, 0.25) is 0 Å². The number of nitrogens with two attached hydrogens (primary N) is 1. The number of halogens is 2. The second-order valence-corrected chi connectivity index (χ2v) is 3.43. The van der Waals surface area contributed by atoms with Gasteiger partial charge in [-0.3, -0.25) is 4.79 Å². The number of carbonyl (C=O) groups is 1. The topological polar surface area (TPSA) is 64.3 Å². The summed E-state index contributed by atoms with van der Waals surface area (Å²) in [7, 11) is 1.53. The fourth-order valence-corrected chi connectivity index (χ4v) is 1.28. The molecule has 0 bridgehead atoms. The van der Waals surface area contributed by atoms with Gasteiger partial charge in [0.25, 0.3) is 5.91 Å². The Hall–Kier alpha value is -1.69. The lowest BCUT2D eigenvalue weighted by atomic mass is 10.1. The van der Waals surface area contributed by atoms with E-state index in [9.17, 15) is 13.6 Å². The van der Waals surface area contributed by atoms with Gasteiger partial charge in [0.2, 0.25) is 0 Å². The summed E-state index contributed by atoms with van der Waals surface area (Å²) in [5.74, 6) is -2.78. The highest BCUT2D eigenvalue weighted by Gasteiger charge is 2.18. The number of carbonyl (C=O) groups excluding carboxylic acids is 1. The number of nitrogens with one attached hydrogen (secondary N) is 1. The van der Waals surface area contributed by atoms with E-state index in [1.165, 1.54) is 7.11 Å². The molecule has 1 amide bonds. The Morgan fingerprint density at radius 2 is 2.18 bits per heavy atom. The van der Waals surface area contributed by atoms with Crippen molar-refractivity contribution in [2.75, 3.05) is 26.0 Å². The second-order valence-electron chi connectivity index (χ2n) is 3.43. The summed E-state index contributed by atoms with van der Waals surface area (Å²) in [6.45, 7) is 0.739. The molecule has 3 N–H and O–H groups in total. The van der Waals surface area contributed by atoms with Crippen molar-refractivity contribution in [2.45, 2.75) is 6.42 Å². The number of nitrogen functional groups attached to an aromatic ring is 1. The summed E-state index contributed by atoms with van der Waals surface area (Å²) in [5, 5.41) is 2.39. The molecule has 0 saturated heterocycles. The molecule has 0 saturated carbocycles. The molecule has 1 rings (SSSR count). The van der Waals surface area contributed by atoms with E-state index in [0.29, 0.717) is 13.0 Å². The van der Waals surface area contributed by atoms with Crippen molar-refractivity contribution in [3.63, 3.8) is 0 Å². The van der Waals surface area contributed by atoms with E-state index in [1.54, 1.807) is 0 Å². The Bertz CT molecular complexity index is 411. The lowest BCUT2D eigenvalue weighted by Crippen LogP contribution is -2.27. The normalized spacial score (nSPS) is 10.3. The minimum Gasteiger partial charge on any atom is -0.396 e. The number of rotatable bonds is 5. The first kappa shape index (κ1) is 13.4. The van der Waals surface area contributed by atoms with Crippen molar-refractivity contribution in [2.24, 2.45) is 0 Å². The first-order valence-corrected chi connectivity index (χ1v) is 5.08. The van der Waals surface area contributed by atoms with Crippen LogP contribution in [-0.4, -0.2) is 26.2 Å². The molecule has 0 aliphatic carbocycles. The van der Waals surface area contributed by atoms with Gasteiger partial charge < -0.3 is 15.8 Å².